The van der Waals surface area contributed by atoms with Gasteiger partial charge in [0.2, 0.25) is 10.0 Å². The fourth-order valence-electron chi connectivity index (χ4n) is 2.02. The zero-order valence-electron chi connectivity index (χ0n) is 10.8. The van der Waals surface area contributed by atoms with Gasteiger partial charge in [-0.3, -0.25) is 0 Å². The van der Waals surface area contributed by atoms with Crippen LogP contribution in [0.5, 0.6) is 0 Å². The van der Waals surface area contributed by atoms with E-state index in [9.17, 15) is 13.5 Å². The van der Waals surface area contributed by atoms with E-state index >= 15 is 0 Å². The number of ether oxygens (including phenoxy) is 1. The smallest absolute Gasteiger partial charge is 0.214 e. The molecule has 0 bridgehead atoms. The Morgan fingerprint density at radius 3 is 2.79 bits per heavy atom. The first-order valence-corrected chi connectivity index (χ1v) is 8.67. The Bertz CT molecular complexity index is 490. The molecular weight excluding hydrogens is 286 g/mol. The van der Waals surface area contributed by atoms with Crippen LogP contribution in [-0.2, 0) is 20.4 Å². The van der Waals surface area contributed by atoms with Crippen LogP contribution < -0.4 is 4.72 Å². The van der Waals surface area contributed by atoms with Crippen molar-refractivity contribution in [3.8, 4) is 0 Å². The average Bonchev–Trinajstić information content (AvgIpc) is 2.93. The van der Waals surface area contributed by atoms with Crippen LogP contribution in [-0.4, -0.2) is 38.5 Å². The van der Waals surface area contributed by atoms with Crippen LogP contribution in [0.2, 0.25) is 0 Å². The number of hydrogen-bond acceptors (Lipinski definition) is 5. The molecule has 0 aliphatic carbocycles. The van der Waals surface area contributed by atoms with Gasteiger partial charge in [-0.1, -0.05) is 6.07 Å². The van der Waals surface area contributed by atoms with Gasteiger partial charge in [-0.15, -0.1) is 11.3 Å². The van der Waals surface area contributed by atoms with E-state index in [1.807, 2.05) is 11.4 Å². The molecule has 0 saturated carbocycles. The Kier molecular flexibility index (Phi) is 4.62. The molecule has 5 nitrogen and oxygen atoms in total. The predicted molar refractivity (Wildman–Crippen MR) is 74.7 cm³/mol. The van der Waals surface area contributed by atoms with E-state index in [1.54, 1.807) is 13.0 Å². The summed E-state index contributed by atoms with van der Waals surface area (Å²) in [5, 5.41) is 11.7. The number of thiophene rings is 1. The second-order valence-electron chi connectivity index (χ2n) is 4.93. The van der Waals surface area contributed by atoms with Crippen molar-refractivity contribution >= 4 is 21.4 Å². The second-order valence-corrected chi connectivity index (χ2v) is 7.92. The minimum absolute atomic E-state index is 0.00674. The van der Waals surface area contributed by atoms with E-state index in [0.717, 1.165) is 4.88 Å². The van der Waals surface area contributed by atoms with Crippen molar-refractivity contribution in [1.82, 2.24) is 4.72 Å². The molecule has 1 aromatic rings. The van der Waals surface area contributed by atoms with E-state index in [1.165, 1.54) is 11.3 Å². The predicted octanol–water partition coefficient (Wildman–Crippen LogP) is 1.05. The molecule has 1 saturated heterocycles. The Labute approximate surface area is 117 Å². The number of hydrogen-bond donors (Lipinski definition) is 2. The zero-order valence-corrected chi connectivity index (χ0v) is 12.5. The highest BCUT2D eigenvalue weighted by Gasteiger charge is 2.31. The fraction of sp³-hybridized carbons (Fsp3) is 0.667. The lowest BCUT2D eigenvalue weighted by molar-refractivity contribution is 0.0660. The van der Waals surface area contributed by atoms with Crippen LogP contribution in [0.15, 0.2) is 17.5 Å². The maximum absolute atomic E-state index is 12.1. The number of sulfonamides is 1. The Morgan fingerprint density at radius 1 is 1.53 bits per heavy atom. The van der Waals surface area contributed by atoms with E-state index in [0.29, 0.717) is 26.1 Å². The van der Waals surface area contributed by atoms with Crippen LogP contribution in [0.25, 0.3) is 0 Å². The van der Waals surface area contributed by atoms with Crippen molar-refractivity contribution < 1.29 is 18.3 Å². The summed E-state index contributed by atoms with van der Waals surface area (Å²) in [7, 11) is -3.39. The average molecular weight is 305 g/mol. The van der Waals surface area contributed by atoms with Crippen LogP contribution in [0.3, 0.4) is 0 Å². The Morgan fingerprint density at radius 2 is 2.21 bits per heavy atom. The highest BCUT2D eigenvalue weighted by molar-refractivity contribution is 7.90. The SMILES string of the molecule is C[C@](O)(CNS(=O)(=O)C1CCOCC1)c1cccs1. The molecule has 0 spiro atoms. The number of nitrogens with one attached hydrogen (secondary N) is 1. The molecule has 0 amide bonds. The van der Waals surface area contributed by atoms with E-state index in [-0.39, 0.29) is 6.54 Å². The van der Waals surface area contributed by atoms with Crippen molar-refractivity contribution in [3.05, 3.63) is 22.4 Å². The van der Waals surface area contributed by atoms with Gasteiger partial charge in [-0.05, 0) is 31.2 Å². The maximum Gasteiger partial charge on any atom is 0.214 e. The summed E-state index contributed by atoms with van der Waals surface area (Å²) < 4.78 is 31.9. The van der Waals surface area contributed by atoms with Crippen molar-refractivity contribution in [2.24, 2.45) is 0 Å². The summed E-state index contributed by atoms with van der Waals surface area (Å²) in [5.41, 5.74) is -1.17. The second kappa shape index (κ2) is 5.88. The standard InChI is InChI=1S/C12H19NO4S2/c1-12(14,11-3-2-8-18-11)9-13-19(15,16)10-4-6-17-7-5-10/h2-3,8,10,13-14H,4-7,9H2,1H3/t12-/m0/s1. The fourth-order valence-corrected chi connectivity index (χ4v) is 4.34. The molecule has 0 aromatic carbocycles. The summed E-state index contributed by atoms with van der Waals surface area (Å²) in [6.45, 7) is 2.57. The summed E-state index contributed by atoms with van der Waals surface area (Å²) in [6.07, 6.45) is 1.02. The van der Waals surface area contributed by atoms with Gasteiger partial charge < -0.3 is 9.84 Å². The van der Waals surface area contributed by atoms with E-state index in [4.69, 9.17) is 4.74 Å². The molecular formula is C12H19NO4S2. The van der Waals surface area contributed by atoms with Gasteiger partial charge >= 0.3 is 0 Å². The molecule has 2 N–H and O–H groups in total. The van der Waals surface area contributed by atoms with Crippen molar-refractivity contribution in [1.29, 1.82) is 0 Å². The third-order valence-electron chi connectivity index (χ3n) is 3.28. The van der Waals surface area contributed by atoms with Crippen molar-refractivity contribution in [2.45, 2.75) is 30.6 Å². The topological polar surface area (TPSA) is 75.6 Å². The van der Waals surface area contributed by atoms with Gasteiger partial charge in [-0.2, -0.15) is 0 Å². The van der Waals surface area contributed by atoms with Gasteiger partial charge in [0.15, 0.2) is 0 Å². The van der Waals surface area contributed by atoms with E-state index in [2.05, 4.69) is 4.72 Å². The quantitative estimate of drug-likeness (QED) is 0.853. The molecule has 19 heavy (non-hydrogen) atoms. The first-order valence-electron chi connectivity index (χ1n) is 6.24. The lowest BCUT2D eigenvalue weighted by atomic mass is 10.1. The van der Waals surface area contributed by atoms with Crippen LogP contribution in [0, 0.1) is 0 Å². The van der Waals surface area contributed by atoms with Crippen molar-refractivity contribution in [2.75, 3.05) is 19.8 Å². The number of aliphatic hydroxyl groups is 1. The molecule has 7 heteroatoms. The van der Waals surface area contributed by atoms with Gasteiger partial charge in [0.05, 0.1) is 5.25 Å². The monoisotopic (exact) mass is 305 g/mol. The molecule has 2 heterocycles. The van der Waals surface area contributed by atoms with E-state index < -0.39 is 20.9 Å². The van der Waals surface area contributed by atoms with Crippen molar-refractivity contribution in [3.63, 3.8) is 0 Å². The zero-order chi connectivity index (χ0) is 13.9. The van der Waals surface area contributed by atoms with Gasteiger partial charge in [0, 0.05) is 24.6 Å². The van der Waals surface area contributed by atoms with Crippen LogP contribution >= 0.6 is 11.3 Å². The van der Waals surface area contributed by atoms with Crippen LogP contribution in [0.1, 0.15) is 24.6 Å². The minimum atomic E-state index is -3.39. The van der Waals surface area contributed by atoms with Crippen LogP contribution in [0.4, 0.5) is 0 Å². The summed E-state index contributed by atoms with van der Waals surface area (Å²) in [6, 6.07) is 3.63. The molecule has 1 fully saturated rings. The third kappa shape index (κ3) is 3.76. The molecule has 0 unspecified atom stereocenters. The molecule has 2 rings (SSSR count). The lowest BCUT2D eigenvalue weighted by Crippen LogP contribution is -2.43. The summed E-state index contributed by atoms with van der Waals surface area (Å²) >= 11 is 1.41. The lowest BCUT2D eigenvalue weighted by Gasteiger charge is -2.26. The van der Waals surface area contributed by atoms with Gasteiger partial charge in [0.1, 0.15) is 5.60 Å². The molecule has 1 aliphatic heterocycles. The molecule has 0 radical (unpaired) electrons. The largest absolute Gasteiger partial charge is 0.383 e. The highest BCUT2D eigenvalue weighted by Crippen LogP contribution is 2.25. The first kappa shape index (κ1) is 14.9. The molecule has 108 valence electrons. The van der Waals surface area contributed by atoms with Gasteiger partial charge in [-0.25, -0.2) is 13.1 Å². The first-order chi connectivity index (χ1) is 8.92. The Balaban J connectivity index is 1.97. The normalized spacial score (nSPS) is 21.2. The highest BCUT2D eigenvalue weighted by atomic mass is 32.2. The Hall–Kier alpha value is -0.470. The maximum atomic E-state index is 12.1. The molecule has 1 aliphatic rings. The molecule has 1 atom stereocenters. The van der Waals surface area contributed by atoms with Gasteiger partial charge in [0.25, 0.3) is 0 Å². The molecule has 1 aromatic heterocycles. The number of rotatable bonds is 5. The summed E-state index contributed by atoms with van der Waals surface area (Å²) in [5.74, 6) is 0. The summed E-state index contributed by atoms with van der Waals surface area (Å²) in [4.78, 5) is 0.752. The third-order valence-corrected chi connectivity index (χ3v) is 6.30. The minimum Gasteiger partial charge on any atom is -0.383 e.